The predicted molar refractivity (Wildman–Crippen MR) is 134 cm³/mol. The SMILES string of the molecule is CN(C)c1ccc(C=Cc2nc3ccc(I)cc3c(=O)n2Cc2ccccc2)cc1. The van der Waals surface area contributed by atoms with Crippen LogP contribution in [0, 0.1) is 3.57 Å². The van der Waals surface area contributed by atoms with E-state index >= 15 is 0 Å². The van der Waals surface area contributed by atoms with Gasteiger partial charge in [0, 0.05) is 23.4 Å². The van der Waals surface area contributed by atoms with E-state index in [-0.39, 0.29) is 5.56 Å². The second-order valence-electron chi connectivity index (χ2n) is 7.33. The molecule has 4 nitrogen and oxygen atoms in total. The maximum Gasteiger partial charge on any atom is 0.261 e. The van der Waals surface area contributed by atoms with Gasteiger partial charge in [-0.05, 0) is 70.1 Å². The minimum atomic E-state index is -0.0232. The van der Waals surface area contributed by atoms with Crippen molar-refractivity contribution in [3.63, 3.8) is 0 Å². The zero-order chi connectivity index (χ0) is 21.1. The highest BCUT2D eigenvalue weighted by Crippen LogP contribution is 2.17. The van der Waals surface area contributed by atoms with Crippen molar-refractivity contribution < 1.29 is 0 Å². The highest BCUT2D eigenvalue weighted by molar-refractivity contribution is 14.1. The maximum atomic E-state index is 13.3. The highest BCUT2D eigenvalue weighted by Gasteiger charge is 2.10. The molecule has 0 N–H and O–H groups in total. The molecule has 0 unspecified atom stereocenters. The van der Waals surface area contributed by atoms with E-state index in [9.17, 15) is 4.79 Å². The second kappa shape index (κ2) is 8.83. The van der Waals surface area contributed by atoms with Crippen LogP contribution in [0.25, 0.3) is 23.1 Å². The smallest absolute Gasteiger partial charge is 0.261 e. The number of anilines is 1. The Morgan fingerprint density at radius 2 is 1.70 bits per heavy atom. The number of hydrogen-bond acceptors (Lipinski definition) is 3. The van der Waals surface area contributed by atoms with Crippen molar-refractivity contribution in [3.8, 4) is 0 Å². The topological polar surface area (TPSA) is 38.1 Å². The summed E-state index contributed by atoms with van der Waals surface area (Å²) in [4.78, 5) is 20.2. The number of rotatable bonds is 5. The molecule has 3 aromatic carbocycles. The van der Waals surface area contributed by atoms with Gasteiger partial charge < -0.3 is 4.90 Å². The Morgan fingerprint density at radius 1 is 0.967 bits per heavy atom. The fraction of sp³-hybridized carbons (Fsp3) is 0.120. The molecule has 5 heteroatoms. The first-order valence-corrected chi connectivity index (χ1v) is 10.8. The predicted octanol–water partition coefficient (Wildman–Crippen LogP) is 5.29. The van der Waals surface area contributed by atoms with Crippen LogP contribution in [0.15, 0.2) is 77.6 Å². The maximum absolute atomic E-state index is 13.3. The first-order chi connectivity index (χ1) is 14.5. The minimum absolute atomic E-state index is 0.0232. The Hall–Kier alpha value is -2.93. The van der Waals surface area contributed by atoms with Crippen molar-refractivity contribution in [1.29, 1.82) is 0 Å². The first kappa shape index (κ1) is 20.3. The molecule has 0 spiro atoms. The second-order valence-corrected chi connectivity index (χ2v) is 8.57. The summed E-state index contributed by atoms with van der Waals surface area (Å²) in [6, 6.07) is 24.1. The van der Waals surface area contributed by atoms with Crippen LogP contribution < -0.4 is 10.5 Å². The van der Waals surface area contributed by atoms with Crippen LogP contribution in [0.3, 0.4) is 0 Å². The molecule has 4 aromatic rings. The molecule has 0 aliphatic carbocycles. The monoisotopic (exact) mass is 507 g/mol. The summed E-state index contributed by atoms with van der Waals surface area (Å²) in [6.07, 6.45) is 3.92. The quantitative estimate of drug-likeness (QED) is 0.345. The molecule has 0 fully saturated rings. The molecule has 0 aliphatic rings. The van der Waals surface area contributed by atoms with Crippen molar-refractivity contribution in [1.82, 2.24) is 9.55 Å². The number of halogens is 1. The van der Waals surface area contributed by atoms with Gasteiger partial charge in [-0.2, -0.15) is 0 Å². The van der Waals surface area contributed by atoms with Gasteiger partial charge in [0.2, 0.25) is 0 Å². The summed E-state index contributed by atoms with van der Waals surface area (Å²) in [5.74, 6) is 0.647. The lowest BCUT2D eigenvalue weighted by atomic mass is 10.1. The fourth-order valence-electron chi connectivity index (χ4n) is 3.31. The van der Waals surface area contributed by atoms with Crippen molar-refractivity contribution in [2.24, 2.45) is 0 Å². The van der Waals surface area contributed by atoms with Gasteiger partial charge in [-0.1, -0.05) is 48.5 Å². The molecule has 0 saturated carbocycles. The van der Waals surface area contributed by atoms with Gasteiger partial charge in [-0.25, -0.2) is 4.98 Å². The van der Waals surface area contributed by atoms with Gasteiger partial charge in [0.25, 0.3) is 5.56 Å². The largest absolute Gasteiger partial charge is 0.378 e. The highest BCUT2D eigenvalue weighted by atomic mass is 127. The molecule has 0 amide bonds. The van der Waals surface area contributed by atoms with Gasteiger partial charge >= 0.3 is 0 Å². The van der Waals surface area contributed by atoms with Crippen LogP contribution in [0.2, 0.25) is 0 Å². The molecular weight excluding hydrogens is 485 g/mol. The molecule has 0 saturated heterocycles. The standard InChI is InChI=1S/C25H22IN3O/c1-28(2)21-12-8-18(9-13-21)10-15-24-27-23-14-11-20(26)16-22(23)25(30)29(24)17-19-6-4-3-5-7-19/h3-16H,17H2,1-2H3. The van der Waals surface area contributed by atoms with Gasteiger partial charge in [-0.15, -0.1) is 0 Å². The van der Waals surface area contributed by atoms with Crippen LogP contribution in [0.4, 0.5) is 5.69 Å². The van der Waals surface area contributed by atoms with Gasteiger partial charge in [-0.3, -0.25) is 9.36 Å². The van der Waals surface area contributed by atoms with Crippen LogP contribution in [0.5, 0.6) is 0 Å². The average Bonchev–Trinajstić information content (AvgIpc) is 2.76. The van der Waals surface area contributed by atoms with Crippen molar-refractivity contribution in [2.75, 3.05) is 19.0 Å². The third-order valence-electron chi connectivity index (χ3n) is 4.96. The molecule has 30 heavy (non-hydrogen) atoms. The Balaban J connectivity index is 1.79. The van der Waals surface area contributed by atoms with Gasteiger partial charge in [0.1, 0.15) is 5.82 Å². The lowest BCUT2D eigenvalue weighted by Gasteiger charge is -2.12. The zero-order valence-corrected chi connectivity index (χ0v) is 19.1. The number of benzene rings is 3. The zero-order valence-electron chi connectivity index (χ0n) is 16.9. The number of nitrogens with zero attached hydrogens (tertiary/aromatic N) is 3. The third-order valence-corrected chi connectivity index (χ3v) is 5.63. The fourth-order valence-corrected chi connectivity index (χ4v) is 3.80. The molecule has 1 heterocycles. The summed E-state index contributed by atoms with van der Waals surface area (Å²) < 4.78 is 2.77. The van der Waals surface area contributed by atoms with E-state index in [0.29, 0.717) is 23.3 Å². The summed E-state index contributed by atoms with van der Waals surface area (Å²) >= 11 is 2.23. The van der Waals surface area contributed by atoms with Crippen molar-refractivity contribution in [2.45, 2.75) is 6.54 Å². The number of fused-ring (bicyclic) bond motifs is 1. The lowest BCUT2D eigenvalue weighted by molar-refractivity contribution is 0.738. The number of hydrogen-bond donors (Lipinski definition) is 0. The van der Waals surface area contributed by atoms with Crippen LogP contribution >= 0.6 is 22.6 Å². The van der Waals surface area contributed by atoms with E-state index < -0.39 is 0 Å². The Kier molecular flexibility index (Phi) is 5.99. The molecule has 150 valence electrons. The van der Waals surface area contributed by atoms with Gasteiger partial charge in [0.15, 0.2) is 0 Å². The Morgan fingerprint density at radius 3 is 2.40 bits per heavy atom. The normalized spacial score (nSPS) is 11.3. The van der Waals surface area contributed by atoms with Crippen molar-refractivity contribution >= 4 is 51.3 Å². The Labute approximate surface area is 189 Å². The molecule has 1 aromatic heterocycles. The molecule has 0 radical (unpaired) electrons. The van der Waals surface area contributed by atoms with E-state index in [1.54, 1.807) is 4.57 Å². The molecule has 0 atom stereocenters. The lowest BCUT2D eigenvalue weighted by Crippen LogP contribution is -2.24. The summed E-state index contributed by atoms with van der Waals surface area (Å²) in [7, 11) is 4.04. The van der Waals surface area contributed by atoms with Gasteiger partial charge in [0.05, 0.1) is 17.4 Å². The third kappa shape index (κ3) is 4.46. The van der Waals surface area contributed by atoms with E-state index in [1.165, 1.54) is 0 Å². The molecule has 0 aliphatic heterocycles. The van der Waals surface area contributed by atoms with Crippen LogP contribution in [-0.2, 0) is 6.54 Å². The molecular formula is C25H22IN3O. The average molecular weight is 507 g/mol. The van der Waals surface area contributed by atoms with E-state index in [1.807, 2.05) is 74.8 Å². The number of aromatic nitrogens is 2. The van der Waals surface area contributed by atoms with E-state index in [2.05, 4.69) is 51.8 Å². The van der Waals surface area contributed by atoms with Crippen LogP contribution in [-0.4, -0.2) is 23.6 Å². The molecule has 4 rings (SSSR count). The van der Waals surface area contributed by atoms with Crippen LogP contribution in [0.1, 0.15) is 17.0 Å². The summed E-state index contributed by atoms with van der Waals surface area (Å²) in [5.41, 5.74) is 3.96. The van der Waals surface area contributed by atoms with E-state index in [4.69, 9.17) is 4.98 Å². The Bertz CT molecular complexity index is 1260. The first-order valence-electron chi connectivity index (χ1n) is 9.71. The summed E-state index contributed by atoms with van der Waals surface area (Å²) in [5, 5.41) is 0.644. The van der Waals surface area contributed by atoms with E-state index in [0.717, 1.165) is 20.4 Å². The van der Waals surface area contributed by atoms with Crippen molar-refractivity contribution in [3.05, 3.63) is 104 Å². The summed E-state index contributed by atoms with van der Waals surface area (Å²) in [6.45, 7) is 0.479. The minimum Gasteiger partial charge on any atom is -0.378 e. The molecule has 0 bridgehead atoms.